The summed E-state index contributed by atoms with van der Waals surface area (Å²) < 4.78 is 7.16. The van der Waals surface area contributed by atoms with E-state index in [1.807, 2.05) is 17.9 Å². The molecule has 0 atom stereocenters. The van der Waals surface area contributed by atoms with Gasteiger partial charge in [0.25, 0.3) is 0 Å². The maximum atomic E-state index is 12.2. The Balaban J connectivity index is 1.22. The first-order valence-electron chi connectivity index (χ1n) is 10.3. The minimum absolute atomic E-state index is 0.177. The van der Waals surface area contributed by atoms with Crippen molar-refractivity contribution in [1.82, 2.24) is 19.6 Å². The van der Waals surface area contributed by atoms with E-state index in [1.165, 1.54) is 31.4 Å². The van der Waals surface area contributed by atoms with Gasteiger partial charge < -0.3 is 14.5 Å². The highest BCUT2D eigenvalue weighted by atomic mass is 16.6. The topological polar surface area (TPSA) is 50.6 Å². The molecule has 1 aliphatic carbocycles. The van der Waals surface area contributed by atoms with Gasteiger partial charge in [-0.2, -0.15) is 5.10 Å². The highest BCUT2D eigenvalue weighted by molar-refractivity contribution is 6.59. The van der Waals surface area contributed by atoms with Gasteiger partial charge >= 0.3 is 6.09 Å². The molecule has 144 valence electrons. The zero-order valence-corrected chi connectivity index (χ0v) is 16.7. The van der Waals surface area contributed by atoms with Crippen molar-refractivity contribution < 1.29 is 9.53 Å². The van der Waals surface area contributed by atoms with Crippen LogP contribution in [0.1, 0.15) is 43.7 Å². The fraction of sp³-hybridized carbons (Fsp3) is 0.789. The number of carbonyl (C=O) groups excluding carboxylic acids is 1. The van der Waals surface area contributed by atoms with Crippen LogP contribution >= 0.6 is 0 Å². The number of piperidine rings is 1. The first-order valence-corrected chi connectivity index (χ1v) is 10.3. The van der Waals surface area contributed by atoms with Crippen LogP contribution in [0, 0.1) is 5.41 Å². The van der Waals surface area contributed by atoms with Gasteiger partial charge in [-0.3, -0.25) is 4.68 Å². The van der Waals surface area contributed by atoms with Gasteiger partial charge in [-0.15, -0.1) is 0 Å². The summed E-state index contributed by atoms with van der Waals surface area (Å²) in [5.74, 6) is 0.620. The van der Waals surface area contributed by atoms with Gasteiger partial charge in [0.1, 0.15) is 0 Å². The summed E-state index contributed by atoms with van der Waals surface area (Å²) in [6.07, 6.45) is 7.30. The number of hydrogen-bond acceptors (Lipinski definition) is 4. The molecule has 3 fully saturated rings. The Kier molecular flexibility index (Phi) is 5.32. The number of amides is 1. The van der Waals surface area contributed by atoms with Gasteiger partial charge in [0.15, 0.2) is 0 Å². The van der Waals surface area contributed by atoms with Crippen molar-refractivity contribution in [3.05, 3.63) is 18.0 Å². The number of hydrogen-bond donors (Lipinski definition) is 0. The van der Waals surface area contributed by atoms with Crippen molar-refractivity contribution >= 4 is 29.6 Å². The van der Waals surface area contributed by atoms with E-state index >= 15 is 0 Å². The van der Waals surface area contributed by atoms with E-state index < -0.39 is 5.11 Å². The fourth-order valence-corrected chi connectivity index (χ4v) is 5.25. The second-order valence-electron chi connectivity index (χ2n) is 9.09. The average Bonchev–Trinajstić information content (AvgIpc) is 3.25. The van der Waals surface area contributed by atoms with Crippen molar-refractivity contribution in [2.45, 2.75) is 49.2 Å². The van der Waals surface area contributed by atoms with Crippen LogP contribution in [0.2, 0.25) is 5.11 Å². The van der Waals surface area contributed by atoms with Crippen LogP contribution in [0.25, 0.3) is 0 Å². The molecular weight excluding hydrogens is 349 g/mol. The highest BCUT2D eigenvalue weighted by Gasteiger charge is 2.51. The lowest BCUT2D eigenvalue weighted by molar-refractivity contribution is -0.00512. The molecule has 0 unspecified atom stereocenters. The van der Waals surface area contributed by atoms with Crippen LogP contribution < -0.4 is 0 Å². The summed E-state index contributed by atoms with van der Waals surface area (Å²) in [4.78, 5) is 16.6. The van der Waals surface area contributed by atoms with Crippen molar-refractivity contribution in [2.24, 2.45) is 12.5 Å². The van der Waals surface area contributed by atoms with E-state index in [0.29, 0.717) is 12.0 Å². The molecule has 6 nitrogen and oxygen atoms in total. The molecule has 1 saturated carbocycles. The lowest BCUT2D eigenvalue weighted by Gasteiger charge is -2.51. The largest absolute Gasteiger partial charge is 0.451 e. The lowest BCUT2D eigenvalue weighted by atomic mass is 9.43. The lowest BCUT2D eigenvalue weighted by Crippen LogP contribution is -2.54. The second-order valence-corrected chi connectivity index (χ2v) is 9.09. The van der Waals surface area contributed by atoms with Crippen molar-refractivity contribution in [1.29, 1.82) is 0 Å². The minimum Gasteiger partial charge on any atom is -0.451 e. The molecule has 9 heteroatoms. The van der Waals surface area contributed by atoms with Gasteiger partial charge in [0, 0.05) is 44.0 Å². The van der Waals surface area contributed by atoms with E-state index in [9.17, 15) is 4.79 Å². The SMILES string of the molecule is [B]C([B])([B])COC(=O)N1CCC2(CC(N3CCC(c4ccnn4C)CC3)C2)C1. The third-order valence-corrected chi connectivity index (χ3v) is 6.80. The molecule has 3 aliphatic rings. The summed E-state index contributed by atoms with van der Waals surface area (Å²) in [5.41, 5.74) is 1.61. The molecule has 2 saturated heterocycles. The first kappa shape index (κ1) is 19.9. The summed E-state index contributed by atoms with van der Waals surface area (Å²) >= 11 is 0. The van der Waals surface area contributed by atoms with E-state index in [4.69, 9.17) is 28.3 Å². The van der Waals surface area contributed by atoms with Crippen LogP contribution in [0.5, 0.6) is 0 Å². The van der Waals surface area contributed by atoms with Gasteiger partial charge in [-0.25, -0.2) is 4.79 Å². The fourth-order valence-electron chi connectivity index (χ4n) is 5.25. The quantitative estimate of drug-likeness (QED) is 0.741. The van der Waals surface area contributed by atoms with E-state index in [1.54, 1.807) is 4.90 Å². The Hall–Kier alpha value is -1.37. The Labute approximate surface area is 171 Å². The van der Waals surface area contributed by atoms with Gasteiger partial charge in [-0.1, -0.05) is 5.11 Å². The number of nitrogens with zero attached hydrogens (tertiary/aromatic N) is 4. The predicted molar refractivity (Wildman–Crippen MR) is 110 cm³/mol. The van der Waals surface area contributed by atoms with Crippen LogP contribution in [-0.2, 0) is 11.8 Å². The summed E-state index contributed by atoms with van der Waals surface area (Å²) in [6, 6.07) is 2.79. The van der Waals surface area contributed by atoms with Crippen LogP contribution in [-0.4, -0.2) is 88.0 Å². The number of carbonyl (C=O) groups is 1. The number of aryl methyl sites for hydroxylation is 1. The normalized spacial score (nSPS) is 29.2. The molecule has 1 aromatic rings. The highest BCUT2D eigenvalue weighted by Crippen LogP contribution is 2.51. The second kappa shape index (κ2) is 7.47. The number of rotatable bonds is 4. The molecule has 3 heterocycles. The van der Waals surface area contributed by atoms with Crippen molar-refractivity contribution in [3.63, 3.8) is 0 Å². The Morgan fingerprint density at radius 1 is 1.29 bits per heavy atom. The molecule has 1 amide bonds. The van der Waals surface area contributed by atoms with Gasteiger partial charge in [0.05, 0.1) is 30.1 Å². The van der Waals surface area contributed by atoms with Crippen LogP contribution in [0.4, 0.5) is 4.79 Å². The molecule has 0 N–H and O–H groups in total. The Bertz CT molecular complexity index is 706. The van der Waals surface area contributed by atoms with Crippen molar-refractivity contribution in [3.8, 4) is 0 Å². The predicted octanol–water partition coefficient (Wildman–Crippen LogP) is 1.17. The molecule has 0 aromatic carbocycles. The molecule has 2 aliphatic heterocycles. The number of likely N-dealkylation sites (tertiary alicyclic amines) is 2. The smallest absolute Gasteiger partial charge is 0.409 e. The zero-order valence-electron chi connectivity index (χ0n) is 16.7. The average molecular weight is 376 g/mol. The standard InChI is InChI=1S/C19H27B3N4O2/c1-24-16(2-6-23-24)14-3-7-25(8-4-14)15-10-18(11-15)5-9-26(12-18)17(27)28-13-19(20,21)22/h2,6,14-15H,3-5,7-13H2,1H3. The monoisotopic (exact) mass is 376 g/mol. The molecule has 1 spiro atoms. The summed E-state index contributed by atoms with van der Waals surface area (Å²) in [7, 11) is 18.4. The molecule has 4 rings (SSSR count). The summed E-state index contributed by atoms with van der Waals surface area (Å²) in [6.45, 7) is 3.62. The molecule has 28 heavy (non-hydrogen) atoms. The zero-order chi connectivity index (χ0) is 19.9. The van der Waals surface area contributed by atoms with Gasteiger partial charge in [0.2, 0.25) is 0 Å². The molecule has 0 bridgehead atoms. The van der Waals surface area contributed by atoms with E-state index in [0.717, 1.165) is 32.6 Å². The molecular formula is C19H27B3N4O2. The van der Waals surface area contributed by atoms with E-state index in [-0.39, 0.29) is 18.1 Å². The van der Waals surface area contributed by atoms with Gasteiger partial charge in [-0.05, 0) is 56.7 Å². The molecule has 1 aromatic heterocycles. The number of aromatic nitrogens is 2. The third-order valence-electron chi connectivity index (χ3n) is 6.80. The minimum atomic E-state index is -1.48. The summed E-state index contributed by atoms with van der Waals surface area (Å²) in [5, 5.41) is 2.83. The number of ether oxygens (including phenoxy) is 1. The Morgan fingerprint density at radius 3 is 2.61 bits per heavy atom. The Morgan fingerprint density at radius 2 is 2.00 bits per heavy atom. The maximum Gasteiger partial charge on any atom is 0.409 e. The maximum absolute atomic E-state index is 12.2. The third kappa shape index (κ3) is 4.14. The van der Waals surface area contributed by atoms with E-state index in [2.05, 4.69) is 16.1 Å². The first-order chi connectivity index (χ1) is 13.2. The molecule has 6 radical (unpaired) electrons. The van der Waals surface area contributed by atoms with Crippen LogP contribution in [0.15, 0.2) is 12.3 Å². The van der Waals surface area contributed by atoms with Crippen LogP contribution in [0.3, 0.4) is 0 Å². The van der Waals surface area contributed by atoms with Crippen molar-refractivity contribution in [2.75, 3.05) is 32.8 Å².